The maximum absolute atomic E-state index is 6.46. The maximum Gasteiger partial charge on any atom is 0.138 e. The molecule has 2 aromatic rings. The number of hydrogen-bond donors (Lipinski definition) is 0. The molecule has 6 rings (SSSR count). The summed E-state index contributed by atoms with van der Waals surface area (Å²) < 4.78 is 6.46. The highest BCUT2D eigenvalue weighted by atomic mass is 35.5. The first kappa shape index (κ1) is 14.7. The zero-order valence-corrected chi connectivity index (χ0v) is 14.3. The van der Waals surface area contributed by atoms with E-state index < -0.39 is 0 Å². The fourth-order valence-corrected chi connectivity index (χ4v) is 5.12. The molecule has 4 bridgehead atoms. The number of piperidine rings is 3. The predicted octanol–water partition coefficient (Wildman–Crippen LogP) is 4.12. The van der Waals surface area contributed by atoms with Gasteiger partial charge in [0.25, 0.3) is 0 Å². The lowest BCUT2D eigenvalue weighted by Crippen LogP contribution is -2.61. The fourth-order valence-electron chi connectivity index (χ4n) is 5.00. The van der Waals surface area contributed by atoms with Crippen LogP contribution in [0.5, 0.6) is 5.75 Å². The summed E-state index contributed by atoms with van der Waals surface area (Å²) in [6.07, 6.45) is 6.77. The van der Waals surface area contributed by atoms with E-state index in [9.17, 15) is 0 Å². The van der Waals surface area contributed by atoms with E-state index in [4.69, 9.17) is 16.3 Å². The Morgan fingerprint density at radius 2 is 1.71 bits per heavy atom. The van der Waals surface area contributed by atoms with Gasteiger partial charge in [0.05, 0.1) is 6.20 Å². The molecule has 3 nitrogen and oxygen atoms in total. The van der Waals surface area contributed by atoms with Gasteiger partial charge in [-0.15, -0.1) is 0 Å². The monoisotopic (exact) mass is 340 g/mol. The van der Waals surface area contributed by atoms with Crippen molar-refractivity contribution in [1.29, 1.82) is 0 Å². The van der Waals surface area contributed by atoms with Crippen LogP contribution in [0, 0.1) is 17.8 Å². The molecule has 1 saturated carbocycles. The minimum atomic E-state index is 0.361. The quantitative estimate of drug-likeness (QED) is 0.840. The van der Waals surface area contributed by atoms with Gasteiger partial charge in [0.15, 0.2) is 0 Å². The first-order chi connectivity index (χ1) is 11.7. The topological polar surface area (TPSA) is 25.4 Å². The van der Waals surface area contributed by atoms with Crippen molar-refractivity contribution in [3.8, 4) is 16.9 Å². The number of aromatic nitrogens is 1. The lowest BCUT2D eigenvalue weighted by molar-refractivity contribution is -0.0985. The predicted molar refractivity (Wildman–Crippen MR) is 95.2 cm³/mol. The summed E-state index contributed by atoms with van der Waals surface area (Å²) in [5.41, 5.74) is 2.20. The summed E-state index contributed by atoms with van der Waals surface area (Å²) in [5, 5.41) is 0.753. The minimum absolute atomic E-state index is 0.361. The van der Waals surface area contributed by atoms with Crippen molar-refractivity contribution in [3.05, 3.63) is 47.7 Å². The summed E-state index contributed by atoms with van der Waals surface area (Å²) in [6, 6.07) is 9.99. The molecular weight excluding hydrogens is 320 g/mol. The van der Waals surface area contributed by atoms with Gasteiger partial charge in [-0.2, -0.15) is 0 Å². The third-order valence-electron chi connectivity index (χ3n) is 5.87. The highest BCUT2D eigenvalue weighted by Crippen LogP contribution is 2.45. The van der Waals surface area contributed by atoms with Crippen molar-refractivity contribution < 1.29 is 4.74 Å². The van der Waals surface area contributed by atoms with E-state index in [-0.39, 0.29) is 0 Å². The Morgan fingerprint density at radius 1 is 0.958 bits per heavy atom. The molecule has 1 aliphatic carbocycles. The summed E-state index contributed by atoms with van der Waals surface area (Å²) in [7, 11) is 0. The molecule has 124 valence electrons. The fraction of sp³-hybridized carbons (Fsp3) is 0.450. The van der Waals surface area contributed by atoms with E-state index in [1.54, 1.807) is 0 Å². The van der Waals surface area contributed by atoms with Gasteiger partial charge in [-0.05, 0) is 42.5 Å². The second kappa shape index (κ2) is 5.75. The molecule has 3 saturated heterocycles. The second-order valence-corrected chi connectivity index (χ2v) is 8.01. The third-order valence-corrected chi connectivity index (χ3v) is 6.12. The van der Waals surface area contributed by atoms with Crippen molar-refractivity contribution in [2.24, 2.45) is 17.8 Å². The first-order valence-electron chi connectivity index (χ1n) is 8.84. The van der Waals surface area contributed by atoms with Crippen LogP contribution in [0.3, 0.4) is 0 Å². The Morgan fingerprint density at radius 3 is 2.42 bits per heavy atom. The lowest BCUT2D eigenvalue weighted by Gasteiger charge is -2.55. The van der Waals surface area contributed by atoms with Crippen LogP contribution < -0.4 is 4.74 Å². The van der Waals surface area contributed by atoms with E-state index >= 15 is 0 Å². The molecule has 3 aliphatic heterocycles. The van der Waals surface area contributed by atoms with Crippen molar-refractivity contribution in [1.82, 2.24) is 9.88 Å². The summed E-state index contributed by atoms with van der Waals surface area (Å²) >= 11 is 5.98. The van der Waals surface area contributed by atoms with Crippen LogP contribution in [0.2, 0.25) is 5.02 Å². The number of halogens is 1. The molecule has 1 aromatic carbocycles. The van der Waals surface area contributed by atoms with E-state index in [0.29, 0.717) is 17.9 Å². The van der Waals surface area contributed by atoms with Crippen LogP contribution in [-0.4, -0.2) is 35.6 Å². The van der Waals surface area contributed by atoms with Crippen molar-refractivity contribution in [2.75, 3.05) is 19.6 Å². The van der Waals surface area contributed by atoms with Crippen LogP contribution in [0.15, 0.2) is 42.7 Å². The largest absolute Gasteiger partial charge is 0.488 e. The molecule has 0 amide bonds. The molecule has 4 heterocycles. The Bertz CT molecular complexity index is 718. The minimum Gasteiger partial charge on any atom is -0.488 e. The van der Waals surface area contributed by atoms with Crippen LogP contribution in [0.25, 0.3) is 11.1 Å². The molecule has 4 fully saturated rings. The van der Waals surface area contributed by atoms with Gasteiger partial charge in [-0.25, -0.2) is 0 Å². The third kappa shape index (κ3) is 2.60. The molecule has 2 atom stereocenters. The Labute approximate surface area is 147 Å². The molecule has 24 heavy (non-hydrogen) atoms. The smallest absolute Gasteiger partial charge is 0.138 e. The van der Waals surface area contributed by atoms with Gasteiger partial charge in [-0.1, -0.05) is 23.7 Å². The van der Waals surface area contributed by atoms with E-state index in [2.05, 4.69) is 16.0 Å². The summed E-state index contributed by atoms with van der Waals surface area (Å²) in [4.78, 5) is 7.03. The number of benzene rings is 1. The van der Waals surface area contributed by atoms with Gasteiger partial charge >= 0.3 is 0 Å². The van der Waals surface area contributed by atoms with Crippen molar-refractivity contribution in [3.63, 3.8) is 0 Å². The van der Waals surface area contributed by atoms with Gasteiger partial charge < -0.3 is 9.64 Å². The number of pyridine rings is 1. The molecule has 0 radical (unpaired) electrons. The van der Waals surface area contributed by atoms with E-state index in [1.165, 1.54) is 32.5 Å². The molecule has 1 aromatic heterocycles. The molecule has 0 N–H and O–H groups in total. The SMILES string of the molecule is Clc1ccc(-c2cncc(OC3[C@H]4CC5C[C@H]3CN(C5)C4)c2)cc1. The number of rotatable bonds is 3. The Balaban J connectivity index is 1.38. The Hall–Kier alpha value is -1.58. The number of hydrogen-bond acceptors (Lipinski definition) is 3. The molecular formula is C20H21ClN2O. The highest BCUT2D eigenvalue weighted by Gasteiger charge is 2.48. The molecule has 4 heteroatoms. The summed E-state index contributed by atoms with van der Waals surface area (Å²) in [6.45, 7) is 3.73. The Kier molecular flexibility index (Phi) is 3.53. The normalized spacial score (nSPS) is 33.6. The van der Waals surface area contributed by atoms with Crippen LogP contribution >= 0.6 is 11.6 Å². The van der Waals surface area contributed by atoms with Crippen LogP contribution in [0.4, 0.5) is 0 Å². The molecule has 4 aliphatic rings. The molecule has 0 spiro atoms. The maximum atomic E-state index is 6.46. The van der Waals surface area contributed by atoms with Crippen molar-refractivity contribution >= 4 is 11.6 Å². The average Bonchev–Trinajstić information content (AvgIpc) is 2.58. The van der Waals surface area contributed by atoms with Gasteiger partial charge in [0.1, 0.15) is 11.9 Å². The summed E-state index contributed by atoms with van der Waals surface area (Å²) in [5.74, 6) is 3.18. The second-order valence-electron chi connectivity index (χ2n) is 7.57. The highest BCUT2D eigenvalue weighted by molar-refractivity contribution is 6.30. The van der Waals surface area contributed by atoms with Gasteiger partial charge in [-0.3, -0.25) is 4.98 Å². The zero-order valence-electron chi connectivity index (χ0n) is 13.6. The van der Waals surface area contributed by atoms with E-state index in [1.807, 2.05) is 36.7 Å². The van der Waals surface area contributed by atoms with E-state index in [0.717, 1.165) is 27.8 Å². The zero-order chi connectivity index (χ0) is 16.1. The van der Waals surface area contributed by atoms with Gasteiger partial charge in [0.2, 0.25) is 0 Å². The standard InChI is InChI=1S/C20H21ClN2O/c21-18-3-1-14(2-4-18)15-7-19(9-22-8-15)24-20-16-5-13-6-17(20)12-23(10-13)11-16/h1-4,7-9,13,16-17,20H,5-6,10-12H2/t13?,16-,17-,20?/m0/s1. The van der Waals surface area contributed by atoms with Crippen LogP contribution in [0.1, 0.15) is 12.8 Å². The average molecular weight is 341 g/mol. The van der Waals surface area contributed by atoms with Crippen LogP contribution in [-0.2, 0) is 0 Å². The van der Waals surface area contributed by atoms with Gasteiger partial charge in [0, 0.05) is 48.3 Å². The number of nitrogens with zero attached hydrogens (tertiary/aromatic N) is 2. The number of ether oxygens (including phenoxy) is 1. The molecule has 0 unspecified atom stereocenters. The lowest BCUT2D eigenvalue weighted by atomic mass is 9.66. The van der Waals surface area contributed by atoms with Crippen molar-refractivity contribution in [2.45, 2.75) is 18.9 Å². The first-order valence-corrected chi connectivity index (χ1v) is 9.22.